The smallest absolute Gasteiger partial charge is 0.237 e. The molecule has 2 aliphatic heterocycles. The highest BCUT2D eigenvalue weighted by Crippen LogP contribution is 2.35. The Bertz CT molecular complexity index is 341. The maximum atomic E-state index is 12.7. The number of fused-ring (bicyclic) bond motifs is 1. The van der Waals surface area contributed by atoms with E-state index in [-0.39, 0.29) is 0 Å². The van der Waals surface area contributed by atoms with E-state index in [4.69, 9.17) is 0 Å². The average Bonchev–Trinajstić information content (AvgIpc) is 2.43. The summed E-state index contributed by atoms with van der Waals surface area (Å²) in [5, 5.41) is 3.31. The highest BCUT2D eigenvalue weighted by molar-refractivity contribution is 5.78. The fourth-order valence-corrected chi connectivity index (χ4v) is 4.23. The van der Waals surface area contributed by atoms with Crippen LogP contribution in [0.4, 0.5) is 0 Å². The molecule has 0 radical (unpaired) electrons. The van der Waals surface area contributed by atoms with Crippen molar-refractivity contribution in [2.75, 3.05) is 32.7 Å². The van der Waals surface area contributed by atoms with Crippen LogP contribution < -0.4 is 5.32 Å². The normalized spacial score (nSPS) is 31.0. The number of carbonyl (C=O) groups is 1. The van der Waals surface area contributed by atoms with Crippen LogP contribution in [0.25, 0.3) is 0 Å². The molecule has 2 atom stereocenters. The molecule has 20 heavy (non-hydrogen) atoms. The van der Waals surface area contributed by atoms with Crippen molar-refractivity contribution in [2.45, 2.75) is 57.5 Å². The summed E-state index contributed by atoms with van der Waals surface area (Å²) < 4.78 is 0. The molecule has 3 aliphatic rings. The summed E-state index contributed by atoms with van der Waals surface area (Å²) in [6.07, 6.45) is 7.83. The molecule has 0 spiro atoms. The lowest BCUT2D eigenvalue weighted by Gasteiger charge is -2.45. The van der Waals surface area contributed by atoms with Crippen LogP contribution in [-0.4, -0.2) is 60.5 Å². The number of nitrogens with one attached hydrogen (secondary N) is 1. The van der Waals surface area contributed by atoms with Crippen LogP contribution in [0.3, 0.4) is 0 Å². The van der Waals surface area contributed by atoms with E-state index in [1.165, 1.54) is 38.5 Å². The monoisotopic (exact) mass is 279 g/mol. The topological polar surface area (TPSA) is 35.6 Å². The first-order valence-electron chi connectivity index (χ1n) is 8.54. The van der Waals surface area contributed by atoms with E-state index in [9.17, 15) is 4.79 Å². The number of rotatable bonds is 4. The van der Waals surface area contributed by atoms with E-state index >= 15 is 0 Å². The molecular weight excluding hydrogens is 250 g/mol. The third-order valence-corrected chi connectivity index (χ3v) is 5.58. The molecule has 1 amide bonds. The van der Waals surface area contributed by atoms with Crippen molar-refractivity contribution in [3.05, 3.63) is 0 Å². The van der Waals surface area contributed by atoms with E-state index < -0.39 is 0 Å². The summed E-state index contributed by atoms with van der Waals surface area (Å²) in [7, 11) is 0. The molecule has 3 rings (SSSR count). The maximum Gasteiger partial charge on any atom is 0.237 e. The van der Waals surface area contributed by atoms with Gasteiger partial charge in [0.1, 0.15) is 0 Å². The molecule has 2 heterocycles. The van der Waals surface area contributed by atoms with Crippen LogP contribution >= 0.6 is 0 Å². The van der Waals surface area contributed by atoms with Gasteiger partial charge in [-0.25, -0.2) is 0 Å². The maximum absolute atomic E-state index is 12.7. The fourth-order valence-electron chi connectivity index (χ4n) is 4.23. The van der Waals surface area contributed by atoms with Crippen LogP contribution in [0.15, 0.2) is 0 Å². The van der Waals surface area contributed by atoms with Gasteiger partial charge in [-0.1, -0.05) is 19.8 Å². The first-order valence-corrected chi connectivity index (χ1v) is 8.54. The van der Waals surface area contributed by atoms with E-state index in [0.717, 1.165) is 32.1 Å². The second-order valence-electron chi connectivity index (χ2n) is 6.72. The Labute approximate surface area is 122 Å². The highest BCUT2D eigenvalue weighted by atomic mass is 16.2. The molecule has 114 valence electrons. The number of likely N-dealkylation sites (N-methyl/N-ethyl adjacent to an activating group) is 1. The molecule has 0 aromatic carbocycles. The van der Waals surface area contributed by atoms with Gasteiger partial charge in [0.15, 0.2) is 0 Å². The van der Waals surface area contributed by atoms with Crippen molar-refractivity contribution in [2.24, 2.45) is 5.92 Å². The Morgan fingerprint density at radius 2 is 1.95 bits per heavy atom. The van der Waals surface area contributed by atoms with Crippen LogP contribution in [0.2, 0.25) is 0 Å². The van der Waals surface area contributed by atoms with Crippen LogP contribution in [0.5, 0.6) is 0 Å². The Hall–Kier alpha value is -0.610. The summed E-state index contributed by atoms with van der Waals surface area (Å²) >= 11 is 0. The summed E-state index contributed by atoms with van der Waals surface area (Å²) in [6.45, 7) is 6.89. The minimum Gasteiger partial charge on any atom is -0.338 e. The quantitative estimate of drug-likeness (QED) is 0.846. The number of piperidine rings is 1. The summed E-state index contributed by atoms with van der Waals surface area (Å²) in [5.74, 6) is 1.18. The second kappa shape index (κ2) is 6.44. The number of likely N-dealkylation sites (tertiary alicyclic amines) is 1. The molecule has 4 nitrogen and oxygen atoms in total. The number of hydrogen-bond acceptors (Lipinski definition) is 3. The standard InChI is InChI=1S/C16H29N3O/c1-2-18(14-10-17-11-14)12-16(20)19-9-5-7-13-6-3-4-8-15(13)19/h13-15,17H,2-12H2,1H3. The van der Waals surface area contributed by atoms with Crippen LogP contribution in [0.1, 0.15) is 45.4 Å². The van der Waals surface area contributed by atoms with E-state index in [0.29, 0.717) is 24.5 Å². The molecule has 0 aromatic heterocycles. The van der Waals surface area contributed by atoms with Gasteiger partial charge in [0.2, 0.25) is 5.91 Å². The van der Waals surface area contributed by atoms with Gasteiger partial charge in [-0.05, 0) is 38.1 Å². The first kappa shape index (κ1) is 14.3. The molecule has 1 N–H and O–H groups in total. The minimum absolute atomic E-state index is 0.385. The second-order valence-corrected chi connectivity index (χ2v) is 6.72. The molecular formula is C16H29N3O. The zero-order chi connectivity index (χ0) is 13.9. The van der Waals surface area contributed by atoms with Gasteiger partial charge in [0.05, 0.1) is 6.54 Å². The van der Waals surface area contributed by atoms with Crippen LogP contribution in [0, 0.1) is 5.92 Å². The molecule has 1 aliphatic carbocycles. The van der Waals surface area contributed by atoms with E-state index in [1.807, 2.05) is 0 Å². The number of nitrogens with zero attached hydrogens (tertiary/aromatic N) is 2. The van der Waals surface area contributed by atoms with Crippen molar-refractivity contribution in [3.63, 3.8) is 0 Å². The molecule has 2 saturated heterocycles. The predicted octanol–water partition coefficient (Wildman–Crippen LogP) is 1.46. The van der Waals surface area contributed by atoms with Crippen molar-refractivity contribution in [1.82, 2.24) is 15.1 Å². The predicted molar refractivity (Wildman–Crippen MR) is 80.6 cm³/mol. The van der Waals surface area contributed by atoms with Gasteiger partial charge >= 0.3 is 0 Å². The van der Waals surface area contributed by atoms with Gasteiger partial charge in [0, 0.05) is 31.7 Å². The molecule has 2 unspecified atom stereocenters. The lowest BCUT2D eigenvalue weighted by molar-refractivity contribution is -0.139. The molecule has 0 bridgehead atoms. The SMILES string of the molecule is CCN(CC(=O)N1CCCC2CCCCC21)C1CNC1. The van der Waals surface area contributed by atoms with E-state index in [1.54, 1.807) is 0 Å². The van der Waals surface area contributed by atoms with Gasteiger partial charge < -0.3 is 10.2 Å². The zero-order valence-corrected chi connectivity index (χ0v) is 12.8. The van der Waals surface area contributed by atoms with Gasteiger partial charge in [-0.15, -0.1) is 0 Å². The Morgan fingerprint density at radius 3 is 2.65 bits per heavy atom. The van der Waals surface area contributed by atoms with Crippen molar-refractivity contribution in [1.29, 1.82) is 0 Å². The minimum atomic E-state index is 0.385. The Kier molecular flexibility index (Phi) is 4.61. The largest absolute Gasteiger partial charge is 0.338 e. The third kappa shape index (κ3) is 2.86. The number of hydrogen-bond donors (Lipinski definition) is 1. The number of amides is 1. The molecule has 0 aromatic rings. The average molecular weight is 279 g/mol. The van der Waals surface area contributed by atoms with Gasteiger partial charge in [-0.3, -0.25) is 9.69 Å². The van der Waals surface area contributed by atoms with E-state index in [2.05, 4.69) is 22.0 Å². The Morgan fingerprint density at radius 1 is 1.20 bits per heavy atom. The zero-order valence-electron chi connectivity index (χ0n) is 12.8. The molecule has 3 fully saturated rings. The lowest BCUT2D eigenvalue weighted by Crippen LogP contribution is -2.60. The summed E-state index contributed by atoms with van der Waals surface area (Å²) in [4.78, 5) is 17.3. The third-order valence-electron chi connectivity index (χ3n) is 5.58. The first-order chi connectivity index (χ1) is 9.79. The summed E-state index contributed by atoms with van der Waals surface area (Å²) in [6, 6.07) is 1.14. The molecule has 4 heteroatoms. The van der Waals surface area contributed by atoms with Crippen LogP contribution in [-0.2, 0) is 4.79 Å². The van der Waals surface area contributed by atoms with Crippen molar-refractivity contribution < 1.29 is 4.79 Å². The summed E-state index contributed by atoms with van der Waals surface area (Å²) in [5.41, 5.74) is 0. The molecule has 1 saturated carbocycles. The highest BCUT2D eigenvalue weighted by Gasteiger charge is 2.36. The van der Waals surface area contributed by atoms with Gasteiger partial charge in [0.25, 0.3) is 0 Å². The Balaban J connectivity index is 1.59. The van der Waals surface area contributed by atoms with Crippen molar-refractivity contribution in [3.8, 4) is 0 Å². The fraction of sp³-hybridized carbons (Fsp3) is 0.938. The van der Waals surface area contributed by atoms with Crippen molar-refractivity contribution >= 4 is 5.91 Å². The van der Waals surface area contributed by atoms with Gasteiger partial charge in [-0.2, -0.15) is 0 Å². The lowest BCUT2D eigenvalue weighted by atomic mass is 9.78. The number of carbonyl (C=O) groups excluding carboxylic acids is 1.